The third-order valence-corrected chi connectivity index (χ3v) is 5.72. The normalized spacial score (nSPS) is 22.1. The molecule has 0 saturated carbocycles. The zero-order chi connectivity index (χ0) is 21.9. The molecule has 166 valence electrons. The molecular formula is C22H34N4O4. The van der Waals surface area contributed by atoms with Crippen molar-refractivity contribution >= 4 is 17.9 Å². The molecule has 0 bridgehead atoms. The minimum absolute atomic E-state index is 0.0328. The highest BCUT2D eigenvalue weighted by Crippen LogP contribution is 2.22. The zero-order valence-corrected chi connectivity index (χ0v) is 18.5. The minimum atomic E-state index is -0.586. The third-order valence-electron chi connectivity index (χ3n) is 5.72. The Hall–Kier alpha value is -2.51. The molecule has 8 nitrogen and oxygen atoms in total. The van der Waals surface area contributed by atoms with Crippen LogP contribution < -0.4 is 5.32 Å². The van der Waals surface area contributed by atoms with Gasteiger partial charge in [0.25, 0.3) is 5.91 Å². The van der Waals surface area contributed by atoms with Gasteiger partial charge in [-0.1, -0.05) is 0 Å². The number of carbonyl (C=O) groups excluding carboxylic acids is 3. The lowest BCUT2D eigenvalue weighted by Gasteiger charge is -2.33. The van der Waals surface area contributed by atoms with Crippen LogP contribution in [0.5, 0.6) is 0 Å². The fourth-order valence-corrected chi connectivity index (χ4v) is 4.20. The summed E-state index contributed by atoms with van der Waals surface area (Å²) in [4.78, 5) is 41.4. The average Bonchev–Trinajstić information content (AvgIpc) is 3.33. The molecule has 0 aromatic carbocycles. The van der Waals surface area contributed by atoms with Gasteiger partial charge in [0.15, 0.2) is 0 Å². The lowest BCUT2D eigenvalue weighted by Crippen LogP contribution is -2.50. The third kappa shape index (κ3) is 5.34. The zero-order valence-electron chi connectivity index (χ0n) is 18.5. The van der Waals surface area contributed by atoms with E-state index in [2.05, 4.69) is 5.32 Å². The highest BCUT2D eigenvalue weighted by molar-refractivity contribution is 5.92. The van der Waals surface area contributed by atoms with Gasteiger partial charge in [-0.25, -0.2) is 4.79 Å². The van der Waals surface area contributed by atoms with Crippen molar-refractivity contribution in [3.05, 3.63) is 24.0 Å². The summed E-state index contributed by atoms with van der Waals surface area (Å²) in [6.07, 6.45) is 4.76. The molecule has 2 aliphatic heterocycles. The van der Waals surface area contributed by atoms with Crippen LogP contribution in [0.15, 0.2) is 18.3 Å². The van der Waals surface area contributed by atoms with Crippen molar-refractivity contribution in [2.24, 2.45) is 13.0 Å². The Labute approximate surface area is 178 Å². The highest BCUT2D eigenvalue weighted by Gasteiger charge is 2.37. The minimum Gasteiger partial charge on any atom is -0.444 e. The molecular weight excluding hydrogens is 384 g/mol. The smallest absolute Gasteiger partial charge is 0.410 e. The quantitative estimate of drug-likeness (QED) is 0.814. The number of hydrogen-bond donors (Lipinski definition) is 1. The van der Waals surface area contributed by atoms with Gasteiger partial charge < -0.3 is 19.5 Å². The molecule has 1 aromatic rings. The second kappa shape index (κ2) is 9.10. The standard InChI is InChI=1S/C22H34N4O4/c1-22(2,3)30-21(29)26-13-7-9-17(26)19(27)23-14-16-8-5-12-25(15-16)20(28)18-10-6-11-24(18)4/h6,10-11,16-17H,5,7-9,12-15H2,1-4H3,(H,23,27)/t16-,17+/m1/s1. The Balaban J connectivity index is 1.52. The van der Waals surface area contributed by atoms with Crippen molar-refractivity contribution in [3.63, 3.8) is 0 Å². The van der Waals surface area contributed by atoms with Crippen LogP contribution in [-0.2, 0) is 16.6 Å². The molecule has 0 unspecified atom stereocenters. The summed E-state index contributed by atoms with van der Waals surface area (Å²) >= 11 is 0. The number of carbonyl (C=O) groups is 3. The molecule has 3 rings (SSSR count). The number of likely N-dealkylation sites (tertiary alicyclic amines) is 2. The maximum atomic E-state index is 12.8. The molecule has 2 saturated heterocycles. The molecule has 0 aliphatic carbocycles. The molecule has 2 atom stereocenters. The number of ether oxygens (including phenoxy) is 1. The maximum Gasteiger partial charge on any atom is 0.410 e. The number of nitrogens with zero attached hydrogens (tertiary/aromatic N) is 3. The summed E-state index contributed by atoms with van der Waals surface area (Å²) in [6, 6.07) is 3.22. The lowest BCUT2D eigenvalue weighted by molar-refractivity contribution is -0.125. The van der Waals surface area contributed by atoms with E-state index >= 15 is 0 Å². The van der Waals surface area contributed by atoms with E-state index in [-0.39, 0.29) is 17.7 Å². The van der Waals surface area contributed by atoms with Gasteiger partial charge in [0, 0.05) is 39.4 Å². The topological polar surface area (TPSA) is 83.9 Å². The lowest BCUT2D eigenvalue weighted by atomic mass is 9.97. The first-order valence-electron chi connectivity index (χ1n) is 10.8. The second-order valence-corrected chi connectivity index (χ2v) is 9.34. The van der Waals surface area contributed by atoms with Crippen molar-refractivity contribution < 1.29 is 19.1 Å². The van der Waals surface area contributed by atoms with Crippen LogP contribution in [0.3, 0.4) is 0 Å². The van der Waals surface area contributed by atoms with Gasteiger partial charge in [-0.15, -0.1) is 0 Å². The molecule has 8 heteroatoms. The molecule has 1 aromatic heterocycles. The molecule has 0 spiro atoms. The number of nitrogens with one attached hydrogen (secondary N) is 1. The van der Waals surface area contributed by atoms with Gasteiger partial charge in [-0.05, 0) is 64.5 Å². The molecule has 2 fully saturated rings. The number of rotatable bonds is 4. The summed E-state index contributed by atoms with van der Waals surface area (Å²) in [5.74, 6) is 0.109. The first-order valence-corrected chi connectivity index (χ1v) is 10.8. The van der Waals surface area contributed by atoms with E-state index in [1.165, 1.54) is 4.90 Å². The monoisotopic (exact) mass is 418 g/mol. The Bertz CT molecular complexity index is 782. The fraction of sp³-hybridized carbons (Fsp3) is 0.682. The molecule has 3 heterocycles. The van der Waals surface area contributed by atoms with E-state index in [4.69, 9.17) is 4.74 Å². The van der Waals surface area contributed by atoms with Crippen LogP contribution in [0.1, 0.15) is 56.9 Å². The van der Waals surface area contributed by atoms with Crippen LogP contribution >= 0.6 is 0 Å². The number of hydrogen-bond acceptors (Lipinski definition) is 4. The van der Waals surface area contributed by atoms with Crippen molar-refractivity contribution in [3.8, 4) is 0 Å². The van der Waals surface area contributed by atoms with Gasteiger partial charge in [0.2, 0.25) is 5.91 Å². The predicted octanol–water partition coefficient (Wildman–Crippen LogP) is 2.39. The van der Waals surface area contributed by atoms with Gasteiger partial charge in [0.05, 0.1) is 0 Å². The van der Waals surface area contributed by atoms with Crippen molar-refractivity contribution in [1.82, 2.24) is 19.7 Å². The van der Waals surface area contributed by atoms with Crippen LogP contribution in [0.4, 0.5) is 4.79 Å². The summed E-state index contributed by atoms with van der Waals surface area (Å²) in [5, 5.41) is 3.02. The molecule has 1 N–H and O–H groups in total. The van der Waals surface area contributed by atoms with Crippen LogP contribution in [-0.4, -0.2) is 70.1 Å². The van der Waals surface area contributed by atoms with Crippen molar-refractivity contribution in [1.29, 1.82) is 0 Å². The van der Waals surface area contributed by atoms with E-state index < -0.39 is 17.7 Å². The van der Waals surface area contributed by atoms with E-state index in [1.807, 2.05) is 55.6 Å². The van der Waals surface area contributed by atoms with Crippen molar-refractivity contribution in [2.75, 3.05) is 26.2 Å². The number of aromatic nitrogens is 1. The Morgan fingerprint density at radius 1 is 1.17 bits per heavy atom. The second-order valence-electron chi connectivity index (χ2n) is 9.34. The largest absolute Gasteiger partial charge is 0.444 e. The van der Waals surface area contributed by atoms with Crippen LogP contribution in [0.25, 0.3) is 0 Å². The van der Waals surface area contributed by atoms with Gasteiger partial charge >= 0.3 is 6.09 Å². The average molecular weight is 419 g/mol. The molecule has 2 aliphatic rings. The van der Waals surface area contributed by atoms with Crippen LogP contribution in [0.2, 0.25) is 0 Å². The van der Waals surface area contributed by atoms with Crippen LogP contribution in [0, 0.1) is 5.92 Å². The van der Waals surface area contributed by atoms with E-state index in [9.17, 15) is 14.4 Å². The molecule has 30 heavy (non-hydrogen) atoms. The Morgan fingerprint density at radius 2 is 1.90 bits per heavy atom. The summed E-state index contributed by atoms with van der Waals surface area (Å²) in [6.45, 7) is 7.88. The van der Waals surface area contributed by atoms with E-state index in [1.54, 1.807) is 0 Å². The predicted molar refractivity (Wildman–Crippen MR) is 113 cm³/mol. The number of amides is 3. The Kier molecular flexibility index (Phi) is 6.73. The summed E-state index contributed by atoms with van der Waals surface area (Å²) in [5.41, 5.74) is 0.0931. The van der Waals surface area contributed by atoms with E-state index in [0.29, 0.717) is 31.7 Å². The summed E-state index contributed by atoms with van der Waals surface area (Å²) < 4.78 is 7.28. The fourth-order valence-electron chi connectivity index (χ4n) is 4.20. The summed E-state index contributed by atoms with van der Waals surface area (Å²) in [7, 11) is 1.87. The SMILES string of the molecule is Cn1cccc1C(=O)N1CCC[C@H](CNC(=O)[C@@H]2CCCN2C(=O)OC(C)(C)C)C1. The van der Waals surface area contributed by atoms with E-state index in [0.717, 1.165) is 25.8 Å². The highest BCUT2D eigenvalue weighted by atomic mass is 16.6. The molecule has 0 radical (unpaired) electrons. The number of aryl methyl sites for hydroxylation is 1. The van der Waals surface area contributed by atoms with Crippen molar-refractivity contribution in [2.45, 2.75) is 58.1 Å². The first-order chi connectivity index (χ1) is 14.2. The first kappa shape index (κ1) is 22.2. The van der Waals surface area contributed by atoms with Gasteiger partial charge in [0.1, 0.15) is 17.3 Å². The Morgan fingerprint density at radius 3 is 2.57 bits per heavy atom. The van der Waals surface area contributed by atoms with Gasteiger partial charge in [-0.3, -0.25) is 14.5 Å². The van der Waals surface area contributed by atoms with Gasteiger partial charge in [-0.2, -0.15) is 0 Å². The molecule has 3 amide bonds. The number of piperidine rings is 1. The maximum absolute atomic E-state index is 12.8.